The van der Waals surface area contributed by atoms with E-state index in [1.165, 1.54) is 0 Å². The molecule has 0 unspecified atom stereocenters. The van der Waals surface area contributed by atoms with Crippen LogP contribution in [0, 0.1) is 5.41 Å². The molecule has 1 saturated heterocycles. The van der Waals surface area contributed by atoms with Gasteiger partial charge in [0.15, 0.2) is 11.5 Å². The summed E-state index contributed by atoms with van der Waals surface area (Å²) in [5.74, 6) is 1.08. The number of carbonyl (C=O) groups is 2. The van der Waals surface area contributed by atoms with Gasteiger partial charge in [0.05, 0.1) is 27.4 Å². The van der Waals surface area contributed by atoms with E-state index in [9.17, 15) is 9.59 Å². The van der Waals surface area contributed by atoms with Gasteiger partial charge in [-0.2, -0.15) is 0 Å². The van der Waals surface area contributed by atoms with Gasteiger partial charge in [0, 0.05) is 12.1 Å². The van der Waals surface area contributed by atoms with Gasteiger partial charge in [-0.25, -0.2) is 0 Å². The molecule has 3 rings (SSSR count). The average Bonchev–Trinajstić information content (AvgIpc) is 3.10. The van der Waals surface area contributed by atoms with Crippen molar-refractivity contribution >= 4 is 11.9 Å². The summed E-state index contributed by atoms with van der Waals surface area (Å²) in [6, 6.07) is 5.59. The van der Waals surface area contributed by atoms with Crippen molar-refractivity contribution in [2.24, 2.45) is 5.41 Å². The third kappa shape index (κ3) is 3.04. The van der Waals surface area contributed by atoms with Crippen LogP contribution < -0.4 is 9.47 Å². The van der Waals surface area contributed by atoms with Crippen molar-refractivity contribution in [3.8, 4) is 11.5 Å². The average molecular weight is 359 g/mol. The standard InChI is InChI=1S/C20H25NO5/c1-4-26-19(23)20-10-5-6-17(20)21(18(22)9-11-20)13-14-7-8-15(24-2)16(12-14)25-3/h6-8,12H,4-5,9-11,13H2,1-3H3/t20-/m1/s1. The normalized spacial score (nSPS) is 21.9. The predicted octanol–water partition coefficient (Wildman–Crippen LogP) is 3.05. The van der Waals surface area contributed by atoms with Gasteiger partial charge >= 0.3 is 5.97 Å². The van der Waals surface area contributed by atoms with Gasteiger partial charge < -0.3 is 19.1 Å². The van der Waals surface area contributed by atoms with Crippen molar-refractivity contribution in [2.45, 2.75) is 39.2 Å². The fourth-order valence-corrected chi connectivity index (χ4v) is 3.90. The van der Waals surface area contributed by atoms with Gasteiger partial charge in [-0.15, -0.1) is 0 Å². The fourth-order valence-electron chi connectivity index (χ4n) is 3.90. The van der Waals surface area contributed by atoms with Gasteiger partial charge in [-0.3, -0.25) is 9.59 Å². The van der Waals surface area contributed by atoms with Crippen LogP contribution in [0.2, 0.25) is 0 Å². The third-order valence-corrected chi connectivity index (χ3v) is 5.21. The zero-order chi connectivity index (χ0) is 18.7. The summed E-state index contributed by atoms with van der Waals surface area (Å²) in [4.78, 5) is 27.0. The van der Waals surface area contributed by atoms with Crippen LogP contribution in [0.1, 0.15) is 38.2 Å². The molecule has 1 fully saturated rings. The number of fused-ring (bicyclic) bond motifs is 1. The van der Waals surface area contributed by atoms with Crippen molar-refractivity contribution in [2.75, 3.05) is 20.8 Å². The second-order valence-corrected chi connectivity index (χ2v) is 6.60. The molecule has 1 atom stereocenters. The summed E-state index contributed by atoms with van der Waals surface area (Å²) in [5.41, 5.74) is 1.03. The first-order chi connectivity index (χ1) is 12.6. The molecule has 6 nitrogen and oxygen atoms in total. The van der Waals surface area contributed by atoms with E-state index in [4.69, 9.17) is 14.2 Å². The van der Waals surface area contributed by atoms with Crippen molar-refractivity contribution in [1.29, 1.82) is 0 Å². The number of methoxy groups -OCH3 is 2. The lowest BCUT2D eigenvalue weighted by molar-refractivity contribution is -0.157. The molecule has 0 saturated carbocycles. The Bertz CT molecular complexity index is 742. The van der Waals surface area contributed by atoms with E-state index in [1.807, 2.05) is 31.2 Å². The highest BCUT2D eigenvalue weighted by molar-refractivity contribution is 5.88. The molecule has 1 heterocycles. The highest BCUT2D eigenvalue weighted by Gasteiger charge is 2.51. The summed E-state index contributed by atoms with van der Waals surface area (Å²) < 4.78 is 16.0. The van der Waals surface area contributed by atoms with Crippen LogP contribution in [0.15, 0.2) is 30.0 Å². The maximum absolute atomic E-state index is 12.7. The molecule has 0 aromatic heterocycles. The minimum Gasteiger partial charge on any atom is -0.493 e. The molecule has 140 valence electrons. The number of hydrogen-bond acceptors (Lipinski definition) is 5. The zero-order valence-corrected chi connectivity index (χ0v) is 15.5. The first-order valence-corrected chi connectivity index (χ1v) is 8.95. The number of carbonyl (C=O) groups excluding carboxylic acids is 2. The summed E-state index contributed by atoms with van der Waals surface area (Å²) >= 11 is 0. The van der Waals surface area contributed by atoms with Crippen LogP contribution in [0.4, 0.5) is 0 Å². The predicted molar refractivity (Wildman–Crippen MR) is 95.7 cm³/mol. The van der Waals surface area contributed by atoms with Crippen molar-refractivity contribution in [3.63, 3.8) is 0 Å². The maximum atomic E-state index is 12.7. The van der Waals surface area contributed by atoms with E-state index < -0.39 is 5.41 Å². The minimum atomic E-state index is -0.680. The van der Waals surface area contributed by atoms with E-state index in [0.29, 0.717) is 43.9 Å². The van der Waals surface area contributed by atoms with Crippen LogP contribution in [0.5, 0.6) is 11.5 Å². The molecule has 1 aromatic rings. The molecule has 1 aromatic carbocycles. The lowest BCUT2D eigenvalue weighted by Gasteiger charge is -2.40. The molecule has 6 heteroatoms. The minimum absolute atomic E-state index is 0.0351. The quantitative estimate of drug-likeness (QED) is 0.731. The van der Waals surface area contributed by atoms with E-state index in [2.05, 4.69) is 0 Å². The summed E-state index contributed by atoms with van der Waals surface area (Å²) in [6.07, 6.45) is 4.37. The lowest BCUT2D eigenvalue weighted by atomic mass is 9.76. The van der Waals surface area contributed by atoms with Crippen molar-refractivity contribution < 1.29 is 23.8 Å². The van der Waals surface area contributed by atoms with E-state index in [1.54, 1.807) is 19.1 Å². The first kappa shape index (κ1) is 18.3. The van der Waals surface area contributed by atoms with Crippen LogP contribution >= 0.6 is 0 Å². The molecule has 2 aliphatic rings. The summed E-state index contributed by atoms with van der Waals surface area (Å²) in [6.45, 7) is 2.55. The van der Waals surface area contributed by atoms with Crippen molar-refractivity contribution in [3.05, 3.63) is 35.5 Å². The van der Waals surface area contributed by atoms with Gasteiger partial charge in [-0.05, 0) is 43.9 Å². The fraction of sp³-hybridized carbons (Fsp3) is 0.500. The number of rotatable bonds is 6. The van der Waals surface area contributed by atoms with Gasteiger partial charge in [-0.1, -0.05) is 12.1 Å². The van der Waals surface area contributed by atoms with Crippen LogP contribution in [0.3, 0.4) is 0 Å². The molecule has 0 spiro atoms. The number of likely N-dealkylation sites (tertiary alicyclic amines) is 1. The van der Waals surface area contributed by atoms with Crippen LogP contribution in [-0.4, -0.2) is 37.6 Å². The molecule has 1 amide bonds. The summed E-state index contributed by atoms with van der Waals surface area (Å²) in [7, 11) is 3.17. The molecule has 0 radical (unpaired) electrons. The molecular formula is C20H25NO5. The van der Waals surface area contributed by atoms with Gasteiger partial charge in [0.2, 0.25) is 5.91 Å². The number of allylic oxidation sites excluding steroid dienone is 1. The number of ether oxygens (including phenoxy) is 3. The second kappa shape index (κ2) is 7.40. The Labute approximate surface area is 153 Å². The van der Waals surface area contributed by atoms with Gasteiger partial charge in [0.1, 0.15) is 5.41 Å². The Morgan fingerprint density at radius 1 is 1.19 bits per heavy atom. The third-order valence-electron chi connectivity index (χ3n) is 5.21. The van der Waals surface area contributed by atoms with E-state index in [0.717, 1.165) is 17.7 Å². The number of nitrogens with zero attached hydrogens (tertiary/aromatic N) is 1. The monoisotopic (exact) mass is 359 g/mol. The lowest BCUT2D eigenvalue weighted by Crippen LogP contribution is -2.47. The van der Waals surface area contributed by atoms with E-state index in [-0.39, 0.29) is 11.9 Å². The SMILES string of the molecule is CCOC(=O)[C@@]12CCC=C1N(Cc1ccc(OC)c(OC)c1)C(=O)CC2. The highest BCUT2D eigenvalue weighted by Crippen LogP contribution is 2.49. The maximum Gasteiger partial charge on any atom is 0.318 e. The number of hydrogen-bond donors (Lipinski definition) is 0. The topological polar surface area (TPSA) is 65.1 Å². The second-order valence-electron chi connectivity index (χ2n) is 6.60. The molecule has 0 bridgehead atoms. The van der Waals surface area contributed by atoms with Crippen LogP contribution in [0.25, 0.3) is 0 Å². The Kier molecular flexibility index (Phi) is 5.20. The Morgan fingerprint density at radius 3 is 2.65 bits per heavy atom. The molecule has 0 N–H and O–H groups in total. The van der Waals surface area contributed by atoms with Crippen LogP contribution in [-0.2, 0) is 20.9 Å². The number of esters is 1. The number of benzene rings is 1. The number of amides is 1. The Balaban J connectivity index is 1.89. The smallest absolute Gasteiger partial charge is 0.318 e. The van der Waals surface area contributed by atoms with E-state index >= 15 is 0 Å². The molecule has 26 heavy (non-hydrogen) atoms. The first-order valence-electron chi connectivity index (χ1n) is 8.95. The molecule has 1 aliphatic heterocycles. The van der Waals surface area contributed by atoms with Crippen molar-refractivity contribution in [1.82, 2.24) is 4.90 Å². The van der Waals surface area contributed by atoms with Gasteiger partial charge in [0.25, 0.3) is 0 Å². The molecular weight excluding hydrogens is 334 g/mol. The Morgan fingerprint density at radius 2 is 1.96 bits per heavy atom. The molecule has 1 aliphatic carbocycles. The Hall–Kier alpha value is -2.50. The summed E-state index contributed by atoms with van der Waals surface area (Å²) in [5, 5.41) is 0. The zero-order valence-electron chi connectivity index (χ0n) is 15.5. The number of piperidine rings is 1. The highest BCUT2D eigenvalue weighted by atomic mass is 16.5. The largest absolute Gasteiger partial charge is 0.493 e.